The fourth-order valence-electron chi connectivity index (χ4n) is 1.46. The molecule has 0 aliphatic rings. The van der Waals surface area contributed by atoms with Gasteiger partial charge in [-0.2, -0.15) is 0 Å². The molecule has 0 radical (unpaired) electrons. The molecule has 0 heterocycles. The number of nitrogens with zero attached hydrogens (tertiary/aromatic N) is 1. The van der Waals surface area contributed by atoms with Gasteiger partial charge in [-0.15, -0.1) is 12.4 Å². The lowest BCUT2D eigenvalue weighted by Crippen LogP contribution is -1.84. The van der Waals surface area contributed by atoms with E-state index in [0.717, 1.165) is 11.4 Å². The second kappa shape index (κ2) is 12.5. The van der Waals surface area contributed by atoms with E-state index in [9.17, 15) is 10.1 Å². The minimum absolute atomic E-state index is 0. The summed E-state index contributed by atoms with van der Waals surface area (Å²) in [6, 6.07) is 26.9. The van der Waals surface area contributed by atoms with Crippen LogP contribution in [0.1, 0.15) is 0 Å². The van der Waals surface area contributed by atoms with Crippen LogP contribution >= 0.6 is 12.4 Å². The summed E-state index contributed by atoms with van der Waals surface area (Å²) < 4.78 is 0. The van der Waals surface area contributed by atoms with E-state index in [-0.39, 0.29) is 18.1 Å². The van der Waals surface area contributed by atoms with Crippen molar-refractivity contribution in [3.8, 4) is 0 Å². The summed E-state index contributed by atoms with van der Waals surface area (Å²) >= 11 is 0. The summed E-state index contributed by atoms with van der Waals surface area (Å²) in [6.45, 7) is 0. The number of nitrogen functional groups attached to an aromatic ring is 2. The Hall–Kier alpha value is -3.05. The van der Waals surface area contributed by atoms with Gasteiger partial charge in [0.05, 0.1) is 4.92 Å². The molecule has 4 N–H and O–H groups in total. The number of nitro benzene ring substituents is 1. The van der Waals surface area contributed by atoms with Crippen LogP contribution in [-0.4, -0.2) is 4.92 Å². The Bertz CT molecular complexity index is 643. The van der Waals surface area contributed by atoms with Crippen molar-refractivity contribution in [3.05, 3.63) is 101 Å². The molecule has 0 fully saturated rings. The molecule has 0 aliphatic carbocycles. The van der Waals surface area contributed by atoms with Crippen molar-refractivity contribution in [1.29, 1.82) is 0 Å². The second-order valence-corrected chi connectivity index (χ2v) is 4.41. The van der Waals surface area contributed by atoms with Crippen LogP contribution in [0.5, 0.6) is 0 Å². The Morgan fingerprint density at radius 2 is 0.917 bits per heavy atom. The fourth-order valence-corrected chi connectivity index (χ4v) is 1.46. The highest BCUT2D eigenvalue weighted by Crippen LogP contribution is 2.06. The lowest BCUT2D eigenvalue weighted by Gasteiger charge is -1.85. The number of hydrogen-bond donors (Lipinski definition) is 2. The normalized spacial score (nSPS) is 8.33. The summed E-state index contributed by atoms with van der Waals surface area (Å²) in [4.78, 5) is 9.59. The number of hydrogen-bond acceptors (Lipinski definition) is 4. The first kappa shape index (κ1) is 21.0. The molecule has 0 saturated carbocycles. The first-order chi connectivity index (χ1) is 11.1. The van der Waals surface area contributed by atoms with E-state index in [2.05, 4.69) is 0 Å². The van der Waals surface area contributed by atoms with Crippen LogP contribution in [0.3, 0.4) is 0 Å². The molecule has 0 amide bonds. The third kappa shape index (κ3) is 9.81. The van der Waals surface area contributed by atoms with E-state index in [1.54, 1.807) is 18.2 Å². The maximum atomic E-state index is 10.0. The summed E-state index contributed by atoms with van der Waals surface area (Å²) in [6.07, 6.45) is 0. The molecule has 0 saturated heterocycles. The number of benzene rings is 3. The lowest BCUT2D eigenvalue weighted by molar-refractivity contribution is -0.384. The summed E-state index contributed by atoms with van der Waals surface area (Å²) in [5.74, 6) is 0. The van der Waals surface area contributed by atoms with E-state index < -0.39 is 4.92 Å². The lowest BCUT2D eigenvalue weighted by atomic mass is 10.3. The Morgan fingerprint density at radius 1 is 0.625 bits per heavy atom. The molecule has 126 valence electrons. The van der Waals surface area contributed by atoms with Crippen molar-refractivity contribution in [1.82, 2.24) is 0 Å². The van der Waals surface area contributed by atoms with Crippen molar-refractivity contribution in [2.75, 3.05) is 11.5 Å². The molecule has 0 atom stereocenters. The van der Waals surface area contributed by atoms with Crippen LogP contribution in [0.15, 0.2) is 91.0 Å². The van der Waals surface area contributed by atoms with Gasteiger partial charge in [0.15, 0.2) is 0 Å². The highest BCUT2D eigenvalue weighted by molar-refractivity contribution is 5.85. The topological polar surface area (TPSA) is 95.2 Å². The summed E-state index contributed by atoms with van der Waals surface area (Å²) in [7, 11) is 0. The van der Waals surface area contributed by atoms with Crippen molar-refractivity contribution >= 4 is 29.5 Å². The SMILES string of the molecule is Cl.Nc1ccccc1.Nc1ccccc1.O=[N+]([O-])c1ccccc1. The number of halogens is 1. The molecule has 0 bridgehead atoms. The molecule has 0 aromatic heterocycles. The van der Waals surface area contributed by atoms with E-state index in [0.29, 0.717) is 0 Å². The van der Waals surface area contributed by atoms with Crippen molar-refractivity contribution in [2.24, 2.45) is 0 Å². The first-order valence-corrected chi connectivity index (χ1v) is 6.90. The Balaban J connectivity index is 0.000000327. The molecule has 3 rings (SSSR count). The molecule has 3 aromatic carbocycles. The molecule has 3 aromatic rings. The Morgan fingerprint density at radius 3 is 1.08 bits per heavy atom. The van der Waals surface area contributed by atoms with Crippen LogP contribution in [0.25, 0.3) is 0 Å². The zero-order valence-electron chi connectivity index (χ0n) is 13.0. The van der Waals surface area contributed by atoms with Gasteiger partial charge in [-0.3, -0.25) is 10.1 Å². The second-order valence-electron chi connectivity index (χ2n) is 4.41. The fraction of sp³-hybridized carbons (Fsp3) is 0. The minimum Gasteiger partial charge on any atom is -0.399 e. The van der Waals surface area contributed by atoms with Gasteiger partial charge in [0.25, 0.3) is 5.69 Å². The molecule has 0 spiro atoms. The average molecular weight is 346 g/mol. The third-order valence-electron chi connectivity index (χ3n) is 2.57. The molecule has 6 heteroatoms. The number of non-ortho nitro benzene ring substituents is 1. The smallest absolute Gasteiger partial charge is 0.269 e. The van der Waals surface area contributed by atoms with Crippen LogP contribution in [0.2, 0.25) is 0 Å². The van der Waals surface area contributed by atoms with E-state index in [1.165, 1.54) is 12.1 Å². The van der Waals surface area contributed by atoms with Gasteiger partial charge in [-0.05, 0) is 24.3 Å². The molecular formula is C18H20ClN3O2. The van der Waals surface area contributed by atoms with Crippen LogP contribution in [0.4, 0.5) is 17.1 Å². The number of rotatable bonds is 1. The maximum Gasteiger partial charge on any atom is 0.269 e. The highest BCUT2D eigenvalue weighted by atomic mass is 35.5. The van der Waals surface area contributed by atoms with Crippen molar-refractivity contribution in [2.45, 2.75) is 0 Å². The van der Waals surface area contributed by atoms with Crippen LogP contribution in [0, 0.1) is 10.1 Å². The van der Waals surface area contributed by atoms with Crippen molar-refractivity contribution < 1.29 is 4.92 Å². The molecule has 5 nitrogen and oxygen atoms in total. The quantitative estimate of drug-likeness (QED) is 0.384. The highest BCUT2D eigenvalue weighted by Gasteiger charge is 1.98. The van der Waals surface area contributed by atoms with Gasteiger partial charge in [0, 0.05) is 23.5 Å². The Kier molecular flexibility index (Phi) is 10.9. The molecule has 24 heavy (non-hydrogen) atoms. The predicted molar refractivity (Wildman–Crippen MR) is 102 cm³/mol. The van der Waals surface area contributed by atoms with E-state index in [4.69, 9.17) is 11.5 Å². The van der Waals surface area contributed by atoms with Crippen LogP contribution in [-0.2, 0) is 0 Å². The number of para-hydroxylation sites is 3. The largest absolute Gasteiger partial charge is 0.399 e. The number of nitrogens with two attached hydrogens (primary N) is 2. The third-order valence-corrected chi connectivity index (χ3v) is 2.57. The molecule has 0 unspecified atom stereocenters. The van der Waals surface area contributed by atoms with Gasteiger partial charge in [-0.1, -0.05) is 54.6 Å². The Labute approximate surface area is 147 Å². The van der Waals surface area contributed by atoms with Crippen molar-refractivity contribution in [3.63, 3.8) is 0 Å². The summed E-state index contributed by atoms with van der Waals surface area (Å²) in [5.41, 5.74) is 12.5. The van der Waals surface area contributed by atoms with Gasteiger partial charge in [0.1, 0.15) is 0 Å². The standard InChI is InChI=1S/C6H5NO2.2C6H7N.ClH/c8-7(9)6-4-2-1-3-5-6;2*7-6-4-2-1-3-5-6;/h1-5H;2*1-5H,7H2;1H. The monoisotopic (exact) mass is 345 g/mol. The van der Waals surface area contributed by atoms with Gasteiger partial charge in [-0.25, -0.2) is 0 Å². The van der Waals surface area contributed by atoms with Crippen LogP contribution < -0.4 is 11.5 Å². The average Bonchev–Trinajstić information content (AvgIpc) is 2.58. The predicted octanol–water partition coefficient (Wildman–Crippen LogP) is 4.55. The van der Waals surface area contributed by atoms with E-state index in [1.807, 2.05) is 60.7 Å². The zero-order chi connectivity index (χ0) is 16.9. The molecule has 0 aliphatic heterocycles. The zero-order valence-corrected chi connectivity index (χ0v) is 13.8. The first-order valence-electron chi connectivity index (χ1n) is 6.90. The van der Waals surface area contributed by atoms with Gasteiger partial charge >= 0.3 is 0 Å². The minimum atomic E-state index is -0.417. The van der Waals surface area contributed by atoms with Gasteiger partial charge < -0.3 is 11.5 Å². The summed E-state index contributed by atoms with van der Waals surface area (Å²) in [5, 5.41) is 10.0. The van der Waals surface area contributed by atoms with Gasteiger partial charge in [0.2, 0.25) is 0 Å². The maximum absolute atomic E-state index is 10.0. The number of nitro groups is 1. The van der Waals surface area contributed by atoms with E-state index >= 15 is 0 Å². The number of anilines is 2. The molecular weight excluding hydrogens is 326 g/mol.